The number of pyridine rings is 1. The van der Waals surface area contributed by atoms with Crippen molar-refractivity contribution >= 4 is 24.1 Å². The Kier molecular flexibility index (Phi) is 11.7. The number of ether oxygens (including phenoxy) is 2. The minimum absolute atomic E-state index is 0.0200. The number of alkyl halides is 2. The highest BCUT2D eigenvalue weighted by atomic mass is 32.2. The van der Waals surface area contributed by atoms with Gasteiger partial charge >= 0.3 is 6.61 Å². The molecule has 10 nitrogen and oxygen atoms in total. The van der Waals surface area contributed by atoms with E-state index in [2.05, 4.69) is 61.6 Å². The number of aliphatic hydroxyl groups is 1. The Morgan fingerprint density at radius 2 is 1.61 bits per heavy atom. The van der Waals surface area contributed by atoms with Crippen LogP contribution in [-0.4, -0.2) is 69.8 Å². The van der Waals surface area contributed by atoms with E-state index in [0.29, 0.717) is 27.9 Å². The first kappa shape index (κ1) is 35.1. The average Bonchev–Trinajstić information content (AvgIpc) is 3.41. The number of benzene rings is 1. The van der Waals surface area contributed by atoms with Crippen LogP contribution in [0.15, 0.2) is 53.7 Å². The average molecular weight is 654 g/mol. The van der Waals surface area contributed by atoms with E-state index in [0.717, 1.165) is 6.26 Å². The molecule has 0 bridgehead atoms. The Morgan fingerprint density at radius 1 is 0.977 bits per heavy atom. The van der Waals surface area contributed by atoms with E-state index < -0.39 is 36.8 Å². The molecule has 0 saturated carbocycles. The van der Waals surface area contributed by atoms with Gasteiger partial charge in [0.1, 0.15) is 22.9 Å². The summed E-state index contributed by atoms with van der Waals surface area (Å²) in [6.07, 6.45) is 1.32. The van der Waals surface area contributed by atoms with Crippen molar-refractivity contribution in [3.05, 3.63) is 54.4 Å². The number of nitrogens with one attached hydrogen (secondary N) is 2. The number of halogens is 2. The SMILES string of the molecule is CC(C)[Si](OC[C@@H](O)CNC(=O)c1ccc(-c2cc(Oc3ccc(S(C)(=O)=O)nc3)cc(OC(F)F)c2)[nH]1)(C(C)C)C(C)C. The third-order valence-corrected chi connectivity index (χ3v) is 14.5. The predicted molar refractivity (Wildman–Crippen MR) is 166 cm³/mol. The van der Waals surface area contributed by atoms with Gasteiger partial charge in [0.15, 0.2) is 23.2 Å². The van der Waals surface area contributed by atoms with Crippen LogP contribution >= 0.6 is 0 Å². The molecule has 3 rings (SSSR count). The van der Waals surface area contributed by atoms with Gasteiger partial charge < -0.3 is 29.3 Å². The molecule has 3 N–H and O–H groups in total. The molecule has 0 radical (unpaired) electrons. The maximum Gasteiger partial charge on any atom is 0.387 e. The molecule has 0 saturated heterocycles. The van der Waals surface area contributed by atoms with Gasteiger partial charge in [0.25, 0.3) is 5.91 Å². The van der Waals surface area contributed by atoms with Crippen LogP contribution in [0.25, 0.3) is 11.3 Å². The fraction of sp³-hybridized carbons (Fsp3) is 0.467. The van der Waals surface area contributed by atoms with Crippen molar-refractivity contribution < 1.29 is 41.0 Å². The maximum absolute atomic E-state index is 13.0. The topological polar surface area (TPSA) is 140 Å². The molecule has 2 heterocycles. The molecular weight excluding hydrogens is 612 g/mol. The summed E-state index contributed by atoms with van der Waals surface area (Å²) >= 11 is 0. The number of amides is 1. The number of carbonyl (C=O) groups excluding carboxylic acids is 1. The number of sulfone groups is 1. The standard InChI is InChI=1S/C30H41F2N3O7SSi/c1-18(2)44(19(3)4,20(5)6)40-17-22(36)15-34-29(37)27-10-9-26(35-27)21-12-24(14-25(13-21)42-30(31)32)41-23-8-11-28(33-16-23)43(7,38)39/h8-14,16,18-20,22,30,35-36H,15,17H2,1-7H3,(H,34,37)/t22-/m0/s1. The summed E-state index contributed by atoms with van der Waals surface area (Å²) in [5.74, 6) is -0.383. The van der Waals surface area contributed by atoms with Crippen LogP contribution < -0.4 is 14.8 Å². The second-order valence-electron chi connectivity index (χ2n) is 11.6. The monoisotopic (exact) mass is 653 g/mol. The lowest BCUT2D eigenvalue weighted by Gasteiger charge is -2.42. The number of aromatic nitrogens is 2. The lowest BCUT2D eigenvalue weighted by atomic mass is 10.1. The fourth-order valence-electron chi connectivity index (χ4n) is 5.54. The molecule has 0 aliphatic heterocycles. The van der Waals surface area contributed by atoms with E-state index in [1.165, 1.54) is 42.6 Å². The van der Waals surface area contributed by atoms with E-state index >= 15 is 0 Å². The van der Waals surface area contributed by atoms with Crippen molar-refractivity contribution in [1.82, 2.24) is 15.3 Å². The first-order valence-electron chi connectivity index (χ1n) is 14.3. The van der Waals surface area contributed by atoms with E-state index in [1.54, 1.807) is 6.07 Å². The van der Waals surface area contributed by atoms with Crippen LogP contribution in [0.3, 0.4) is 0 Å². The molecular formula is C30H41F2N3O7SSi. The largest absolute Gasteiger partial charge is 0.456 e. The van der Waals surface area contributed by atoms with Crippen molar-refractivity contribution in [1.29, 1.82) is 0 Å². The predicted octanol–water partition coefficient (Wildman–Crippen LogP) is 6.16. The van der Waals surface area contributed by atoms with Gasteiger partial charge in [-0.1, -0.05) is 41.5 Å². The van der Waals surface area contributed by atoms with Gasteiger partial charge in [0.05, 0.1) is 18.9 Å². The van der Waals surface area contributed by atoms with Crippen molar-refractivity contribution in [3.63, 3.8) is 0 Å². The molecule has 0 aliphatic carbocycles. The zero-order chi connectivity index (χ0) is 32.8. The highest BCUT2D eigenvalue weighted by Gasteiger charge is 2.45. The van der Waals surface area contributed by atoms with Gasteiger partial charge in [-0.15, -0.1) is 0 Å². The third kappa shape index (κ3) is 8.86. The van der Waals surface area contributed by atoms with Crippen LogP contribution in [0.2, 0.25) is 16.6 Å². The van der Waals surface area contributed by atoms with Gasteiger partial charge in [-0.25, -0.2) is 13.4 Å². The van der Waals surface area contributed by atoms with Crippen molar-refractivity contribution in [2.45, 2.75) is 75.9 Å². The number of hydrogen-bond acceptors (Lipinski definition) is 8. The van der Waals surface area contributed by atoms with Gasteiger partial charge in [0.2, 0.25) is 0 Å². The van der Waals surface area contributed by atoms with Gasteiger partial charge in [0, 0.05) is 30.1 Å². The molecule has 14 heteroatoms. The quantitative estimate of drug-likeness (QED) is 0.166. The summed E-state index contributed by atoms with van der Waals surface area (Å²) < 4.78 is 66.2. The Labute approximate surface area is 258 Å². The second-order valence-corrected chi connectivity index (χ2v) is 19.0. The van der Waals surface area contributed by atoms with Crippen molar-refractivity contribution in [2.75, 3.05) is 19.4 Å². The molecule has 2 aromatic heterocycles. The third-order valence-electron chi connectivity index (χ3n) is 7.40. The van der Waals surface area contributed by atoms with E-state index in [-0.39, 0.29) is 41.1 Å². The van der Waals surface area contributed by atoms with E-state index in [4.69, 9.17) is 9.16 Å². The minimum atomic E-state index is -3.51. The van der Waals surface area contributed by atoms with Crippen LogP contribution in [0.5, 0.6) is 17.2 Å². The molecule has 1 atom stereocenters. The van der Waals surface area contributed by atoms with Crippen LogP contribution in [0.1, 0.15) is 52.0 Å². The number of aliphatic hydroxyl groups excluding tert-OH is 1. The van der Waals surface area contributed by atoms with Crippen molar-refractivity contribution in [2.24, 2.45) is 0 Å². The zero-order valence-electron chi connectivity index (χ0n) is 25.9. The molecule has 242 valence electrons. The highest BCUT2D eigenvalue weighted by molar-refractivity contribution is 7.90. The van der Waals surface area contributed by atoms with E-state index in [1.807, 2.05) is 0 Å². The highest BCUT2D eigenvalue weighted by Crippen LogP contribution is 2.42. The Morgan fingerprint density at radius 3 is 2.16 bits per heavy atom. The number of hydrogen-bond donors (Lipinski definition) is 3. The Balaban J connectivity index is 1.72. The number of aromatic amines is 1. The molecule has 0 fully saturated rings. The Hall–Kier alpha value is -3.33. The first-order chi connectivity index (χ1) is 20.5. The molecule has 44 heavy (non-hydrogen) atoms. The van der Waals surface area contributed by atoms with Gasteiger partial charge in [-0.05, 0) is 53.0 Å². The van der Waals surface area contributed by atoms with Crippen LogP contribution in [0.4, 0.5) is 8.78 Å². The number of rotatable bonds is 15. The molecule has 0 unspecified atom stereocenters. The first-order valence-corrected chi connectivity index (χ1v) is 18.3. The Bertz CT molecular complexity index is 1490. The molecule has 0 spiro atoms. The maximum atomic E-state index is 13.0. The minimum Gasteiger partial charge on any atom is -0.456 e. The summed E-state index contributed by atoms with van der Waals surface area (Å²) in [7, 11) is -5.69. The molecule has 3 aromatic rings. The van der Waals surface area contributed by atoms with Crippen LogP contribution in [-0.2, 0) is 14.3 Å². The molecule has 1 amide bonds. The summed E-state index contributed by atoms with van der Waals surface area (Å²) in [6, 6.07) is 9.90. The lowest BCUT2D eigenvalue weighted by molar-refractivity contribution is -0.0498. The number of nitrogens with zero attached hydrogens (tertiary/aromatic N) is 1. The smallest absolute Gasteiger partial charge is 0.387 e. The van der Waals surface area contributed by atoms with Gasteiger partial charge in [-0.3, -0.25) is 4.79 Å². The van der Waals surface area contributed by atoms with Crippen LogP contribution in [0, 0.1) is 0 Å². The van der Waals surface area contributed by atoms with Gasteiger partial charge in [-0.2, -0.15) is 8.78 Å². The van der Waals surface area contributed by atoms with Crippen molar-refractivity contribution in [3.8, 4) is 28.5 Å². The normalized spacial score (nSPS) is 13.1. The fourth-order valence-corrected chi connectivity index (χ4v) is 11.6. The summed E-state index contributed by atoms with van der Waals surface area (Å²) in [4.78, 5) is 19.7. The zero-order valence-corrected chi connectivity index (χ0v) is 27.7. The second kappa shape index (κ2) is 14.6. The number of carbonyl (C=O) groups is 1. The van der Waals surface area contributed by atoms with E-state index in [9.17, 15) is 27.1 Å². The summed E-state index contributed by atoms with van der Waals surface area (Å²) in [5, 5.41) is 13.2. The summed E-state index contributed by atoms with van der Waals surface area (Å²) in [5.41, 5.74) is 2.05. The number of H-pyrrole nitrogens is 1. The molecule has 1 aromatic carbocycles. The lowest BCUT2D eigenvalue weighted by Crippen LogP contribution is -2.50. The summed E-state index contributed by atoms with van der Waals surface area (Å²) in [6.45, 7) is 9.93. The molecule has 0 aliphatic rings.